The van der Waals surface area contributed by atoms with Crippen molar-refractivity contribution < 1.29 is 13.5 Å². The third kappa shape index (κ3) is 1.96. The lowest BCUT2D eigenvalue weighted by Crippen LogP contribution is -2.13. The van der Waals surface area contributed by atoms with Crippen LogP contribution in [0, 0.1) is 0 Å². The first-order valence-corrected chi connectivity index (χ1v) is 5.73. The quantitative estimate of drug-likeness (QED) is 0.715. The lowest BCUT2D eigenvalue weighted by molar-refractivity contribution is 0.475. The number of H-pyrrole nitrogens is 1. The number of pyridine rings is 1. The van der Waals surface area contributed by atoms with Crippen LogP contribution in [0.25, 0.3) is 0 Å². The molecule has 2 rings (SSSR count). The van der Waals surface area contributed by atoms with Gasteiger partial charge in [-0.25, -0.2) is 13.4 Å². The molecule has 0 saturated heterocycles. The molecule has 0 aromatic carbocycles. The van der Waals surface area contributed by atoms with E-state index in [0.717, 1.165) is 6.20 Å². The number of rotatable bonds is 3. The summed E-state index contributed by atoms with van der Waals surface area (Å²) in [5.41, 5.74) is 0. The number of aromatic hydroxyl groups is 1. The topological polar surface area (TPSA) is 108 Å². The number of nitrogens with one attached hydrogen (secondary N) is 2. The number of hydrogen-bond acceptors (Lipinski definition) is 5. The summed E-state index contributed by atoms with van der Waals surface area (Å²) >= 11 is 0. The second-order valence-corrected chi connectivity index (χ2v) is 4.59. The van der Waals surface area contributed by atoms with Gasteiger partial charge in [-0.1, -0.05) is 0 Å². The maximum Gasteiger partial charge on any atom is 0.266 e. The zero-order chi connectivity index (χ0) is 11.6. The van der Waals surface area contributed by atoms with Crippen LogP contribution in [0.15, 0.2) is 35.6 Å². The maximum absolute atomic E-state index is 11.7. The molecule has 0 bridgehead atoms. The van der Waals surface area contributed by atoms with E-state index in [1.807, 2.05) is 0 Å². The molecule has 2 aromatic rings. The van der Waals surface area contributed by atoms with Crippen molar-refractivity contribution in [2.45, 2.75) is 4.90 Å². The summed E-state index contributed by atoms with van der Waals surface area (Å²) in [5.74, 6) is -0.363. The van der Waals surface area contributed by atoms with Crippen LogP contribution in [0.4, 0.5) is 5.82 Å². The smallest absolute Gasteiger partial charge is 0.266 e. The minimum absolute atomic E-state index is 0.0300. The normalized spacial score (nSPS) is 11.2. The van der Waals surface area contributed by atoms with Gasteiger partial charge in [0.25, 0.3) is 10.0 Å². The fourth-order valence-electron chi connectivity index (χ4n) is 1.05. The van der Waals surface area contributed by atoms with Crippen molar-refractivity contribution in [2.24, 2.45) is 0 Å². The number of anilines is 1. The molecule has 84 valence electrons. The molecule has 7 nitrogen and oxygen atoms in total. The van der Waals surface area contributed by atoms with E-state index in [1.165, 1.54) is 24.5 Å². The van der Waals surface area contributed by atoms with Crippen molar-refractivity contribution in [3.63, 3.8) is 0 Å². The van der Waals surface area contributed by atoms with E-state index < -0.39 is 10.0 Å². The van der Waals surface area contributed by atoms with Crippen LogP contribution in [-0.4, -0.2) is 28.7 Å². The van der Waals surface area contributed by atoms with Gasteiger partial charge in [0, 0.05) is 12.4 Å². The Morgan fingerprint density at radius 1 is 1.44 bits per heavy atom. The summed E-state index contributed by atoms with van der Waals surface area (Å²) in [6.45, 7) is 0. The molecule has 0 saturated carbocycles. The Balaban J connectivity index is 2.33. The second kappa shape index (κ2) is 3.81. The Morgan fingerprint density at radius 3 is 2.88 bits per heavy atom. The fourth-order valence-corrected chi connectivity index (χ4v) is 1.98. The van der Waals surface area contributed by atoms with Gasteiger partial charge in [0.2, 0.25) is 0 Å². The van der Waals surface area contributed by atoms with E-state index in [9.17, 15) is 13.5 Å². The first kappa shape index (κ1) is 10.4. The highest BCUT2D eigenvalue weighted by Crippen LogP contribution is 2.21. The van der Waals surface area contributed by atoms with Crippen molar-refractivity contribution in [3.8, 4) is 5.75 Å². The predicted octanol–water partition coefficient (Wildman–Crippen LogP) is 0.311. The van der Waals surface area contributed by atoms with Gasteiger partial charge in [-0.15, -0.1) is 0 Å². The minimum Gasteiger partial charge on any atom is -0.504 e. The van der Waals surface area contributed by atoms with E-state index in [2.05, 4.69) is 19.9 Å². The number of hydrogen-bond donors (Lipinski definition) is 3. The molecule has 0 aliphatic heterocycles. The van der Waals surface area contributed by atoms with Crippen molar-refractivity contribution in [1.29, 1.82) is 0 Å². The molecule has 0 fully saturated rings. The molecule has 3 N–H and O–H groups in total. The molecule has 2 aromatic heterocycles. The third-order valence-electron chi connectivity index (χ3n) is 1.80. The van der Waals surface area contributed by atoms with Gasteiger partial charge in [0.05, 0.1) is 6.20 Å². The molecule has 0 amide bonds. The second-order valence-electron chi connectivity index (χ2n) is 2.91. The minimum atomic E-state index is -3.76. The van der Waals surface area contributed by atoms with Gasteiger partial charge in [0.15, 0.2) is 11.6 Å². The van der Waals surface area contributed by atoms with Crippen LogP contribution in [0.3, 0.4) is 0 Å². The Morgan fingerprint density at radius 2 is 2.25 bits per heavy atom. The molecule has 0 unspecified atom stereocenters. The number of aromatic amines is 1. The van der Waals surface area contributed by atoms with E-state index >= 15 is 0 Å². The molecular weight excluding hydrogens is 232 g/mol. The van der Waals surface area contributed by atoms with Crippen LogP contribution >= 0.6 is 0 Å². The van der Waals surface area contributed by atoms with E-state index in [1.54, 1.807) is 0 Å². The summed E-state index contributed by atoms with van der Waals surface area (Å²) in [7, 11) is -3.76. The third-order valence-corrected chi connectivity index (χ3v) is 3.11. The molecule has 0 aliphatic carbocycles. The predicted molar refractivity (Wildman–Crippen MR) is 55.3 cm³/mol. The zero-order valence-corrected chi connectivity index (χ0v) is 8.77. The molecular formula is C8H8N4O3S. The highest BCUT2D eigenvalue weighted by molar-refractivity contribution is 7.92. The van der Waals surface area contributed by atoms with Crippen LogP contribution < -0.4 is 4.72 Å². The average Bonchev–Trinajstić information content (AvgIpc) is 2.75. The Kier molecular flexibility index (Phi) is 2.49. The highest BCUT2D eigenvalue weighted by atomic mass is 32.2. The lowest BCUT2D eigenvalue weighted by Gasteiger charge is -2.05. The molecule has 0 aliphatic rings. The standard InChI is InChI=1S/C8H8N4O3S/c13-7-2-1-3-9-8(7)12-16(14,15)6-4-10-11-5-6/h1-5,13H,(H,9,12)(H,10,11). The van der Waals surface area contributed by atoms with Gasteiger partial charge < -0.3 is 5.11 Å². The van der Waals surface area contributed by atoms with Crippen LogP contribution in [-0.2, 0) is 10.0 Å². The summed E-state index contributed by atoms with van der Waals surface area (Å²) < 4.78 is 25.5. The van der Waals surface area contributed by atoms with Gasteiger partial charge in [-0.3, -0.25) is 9.82 Å². The number of nitrogens with zero attached hydrogens (tertiary/aromatic N) is 2. The Labute approximate surface area is 91.2 Å². The van der Waals surface area contributed by atoms with Crippen LogP contribution in [0.1, 0.15) is 0 Å². The summed E-state index contributed by atoms with van der Waals surface area (Å²) in [6, 6.07) is 2.82. The van der Waals surface area contributed by atoms with E-state index in [0.29, 0.717) is 0 Å². The highest BCUT2D eigenvalue weighted by Gasteiger charge is 2.17. The van der Waals surface area contributed by atoms with Crippen LogP contribution in [0.2, 0.25) is 0 Å². The molecule has 16 heavy (non-hydrogen) atoms. The first-order chi connectivity index (χ1) is 7.59. The van der Waals surface area contributed by atoms with Crippen molar-refractivity contribution in [2.75, 3.05) is 4.72 Å². The van der Waals surface area contributed by atoms with Crippen molar-refractivity contribution >= 4 is 15.8 Å². The first-order valence-electron chi connectivity index (χ1n) is 4.25. The van der Waals surface area contributed by atoms with E-state index in [4.69, 9.17) is 0 Å². The van der Waals surface area contributed by atoms with E-state index in [-0.39, 0.29) is 16.5 Å². The lowest BCUT2D eigenvalue weighted by atomic mass is 10.4. The van der Waals surface area contributed by atoms with Crippen LogP contribution in [0.5, 0.6) is 5.75 Å². The average molecular weight is 240 g/mol. The van der Waals surface area contributed by atoms with Gasteiger partial charge in [0.1, 0.15) is 4.90 Å². The largest absolute Gasteiger partial charge is 0.504 e. The SMILES string of the molecule is O=S(=O)(Nc1ncccc1O)c1cn[nH]c1. The van der Waals surface area contributed by atoms with Gasteiger partial charge in [-0.05, 0) is 12.1 Å². The molecule has 0 radical (unpaired) electrons. The monoisotopic (exact) mass is 240 g/mol. The molecule has 8 heteroatoms. The zero-order valence-electron chi connectivity index (χ0n) is 7.95. The summed E-state index contributed by atoms with van der Waals surface area (Å²) in [4.78, 5) is 3.67. The number of sulfonamides is 1. The Hall–Kier alpha value is -2.09. The number of aromatic nitrogens is 3. The van der Waals surface area contributed by atoms with Gasteiger partial charge >= 0.3 is 0 Å². The van der Waals surface area contributed by atoms with Crippen molar-refractivity contribution in [3.05, 3.63) is 30.7 Å². The molecule has 0 atom stereocenters. The van der Waals surface area contributed by atoms with Crippen molar-refractivity contribution in [1.82, 2.24) is 15.2 Å². The fraction of sp³-hybridized carbons (Fsp3) is 0. The molecule has 2 heterocycles. The maximum atomic E-state index is 11.7. The molecule has 0 spiro atoms. The summed E-state index contributed by atoms with van der Waals surface area (Å²) in [6.07, 6.45) is 3.75. The summed E-state index contributed by atoms with van der Waals surface area (Å²) in [5, 5.41) is 15.3. The Bertz CT molecular complexity index is 579. The van der Waals surface area contributed by atoms with Gasteiger partial charge in [-0.2, -0.15) is 5.10 Å².